The van der Waals surface area contributed by atoms with Crippen molar-refractivity contribution < 1.29 is 4.79 Å². The molecule has 0 atom stereocenters. The Morgan fingerprint density at radius 2 is 2.05 bits per heavy atom. The number of thiophene rings is 1. The molecule has 0 radical (unpaired) electrons. The molecule has 2 aromatic heterocycles. The fraction of sp³-hybridized carbons (Fsp3) is 0.0667. The van der Waals surface area contributed by atoms with Crippen LogP contribution >= 0.6 is 27.3 Å². The summed E-state index contributed by atoms with van der Waals surface area (Å²) in [7, 11) is 0. The molecule has 3 aromatic rings. The van der Waals surface area contributed by atoms with Gasteiger partial charge in [0.15, 0.2) is 0 Å². The standard InChI is InChI=1S/C15H10BrNOS/c1-9-6-13(19-15(9)16)14(18)12-8-17-7-10-4-2-3-5-11(10)12/h2-8H,1H3. The second-order valence-corrected chi connectivity index (χ2v) is 6.67. The average Bonchev–Trinajstić information content (AvgIpc) is 2.77. The van der Waals surface area contributed by atoms with Gasteiger partial charge in [-0.15, -0.1) is 11.3 Å². The zero-order valence-electron chi connectivity index (χ0n) is 10.2. The summed E-state index contributed by atoms with van der Waals surface area (Å²) in [6, 6.07) is 9.73. The number of carbonyl (C=O) groups excluding carboxylic acids is 1. The molecule has 0 spiro atoms. The van der Waals surface area contributed by atoms with Gasteiger partial charge in [-0.05, 0) is 39.9 Å². The fourth-order valence-electron chi connectivity index (χ4n) is 2.00. The van der Waals surface area contributed by atoms with Crippen molar-refractivity contribution >= 4 is 43.8 Å². The lowest BCUT2D eigenvalue weighted by molar-refractivity contribution is 0.104. The highest BCUT2D eigenvalue weighted by molar-refractivity contribution is 9.11. The number of benzene rings is 1. The maximum absolute atomic E-state index is 12.6. The molecule has 0 saturated carbocycles. The first-order chi connectivity index (χ1) is 9.16. The Hall–Kier alpha value is -1.52. The van der Waals surface area contributed by atoms with E-state index < -0.39 is 0 Å². The molecule has 0 amide bonds. The first-order valence-corrected chi connectivity index (χ1v) is 7.41. The van der Waals surface area contributed by atoms with E-state index in [1.807, 2.05) is 37.3 Å². The Morgan fingerprint density at radius 3 is 2.79 bits per heavy atom. The molecular formula is C15H10BrNOS. The van der Waals surface area contributed by atoms with Crippen LogP contribution < -0.4 is 0 Å². The molecular weight excluding hydrogens is 322 g/mol. The van der Waals surface area contributed by atoms with Crippen molar-refractivity contribution in [3.63, 3.8) is 0 Å². The van der Waals surface area contributed by atoms with Gasteiger partial charge in [-0.2, -0.15) is 0 Å². The van der Waals surface area contributed by atoms with Gasteiger partial charge in [0, 0.05) is 23.3 Å². The van der Waals surface area contributed by atoms with Crippen LogP contribution in [0.4, 0.5) is 0 Å². The summed E-state index contributed by atoms with van der Waals surface area (Å²) in [5, 5.41) is 1.94. The minimum atomic E-state index is 0.0306. The third kappa shape index (κ3) is 2.22. The quantitative estimate of drug-likeness (QED) is 0.642. The van der Waals surface area contributed by atoms with E-state index >= 15 is 0 Å². The number of nitrogens with zero attached hydrogens (tertiary/aromatic N) is 1. The molecule has 2 heterocycles. The van der Waals surface area contributed by atoms with E-state index in [0.29, 0.717) is 5.56 Å². The topological polar surface area (TPSA) is 30.0 Å². The largest absolute Gasteiger partial charge is 0.288 e. The predicted octanol–water partition coefficient (Wildman–Crippen LogP) is 4.60. The maximum Gasteiger partial charge on any atom is 0.205 e. The maximum atomic E-state index is 12.6. The van der Waals surface area contributed by atoms with Gasteiger partial charge in [-0.25, -0.2) is 0 Å². The Balaban J connectivity index is 2.16. The summed E-state index contributed by atoms with van der Waals surface area (Å²) in [4.78, 5) is 17.5. The van der Waals surface area contributed by atoms with Crippen LogP contribution in [0, 0.1) is 6.92 Å². The first kappa shape index (κ1) is 12.5. The number of halogens is 1. The van der Waals surface area contributed by atoms with Crippen molar-refractivity contribution in [1.29, 1.82) is 0 Å². The Labute approximate surface area is 123 Å². The molecule has 0 aliphatic carbocycles. The van der Waals surface area contributed by atoms with E-state index in [0.717, 1.165) is 25.0 Å². The lowest BCUT2D eigenvalue weighted by Crippen LogP contribution is -2.00. The van der Waals surface area contributed by atoms with Crippen LogP contribution in [0.5, 0.6) is 0 Å². The molecule has 0 saturated heterocycles. The molecule has 4 heteroatoms. The van der Waals surface area contributed by atoms with Crippen molar-refractivity contribution in [3.8, 4) is 0 Å². The predicted molar refractivity (Wildman–Crippen MR) is 81.9 cm³/mol. The van der Waals surface area contributed by atoms with E-state index in [4.69, 9.17) is 0 Å². The van der Waals surface area contributed by atoms with Gasteiger partial charge in [0.1, 0.15) is 0 Å². The second kappa shape index (κ2) is 4.87. The molecule has 0 unspecified atom stereocenters. The van der Waals surface area contributed by atoms with Crippen molar-refractivity contribution in [3.05, 3.63) is 62.5 Å². The fourth-order valence-corrected chi connectivity index (χ4v) is 3.49. The van der Waals surface area contributed by atoms with Gasteiger partial charge in [0.25, 0.3) is 0 Å². The molecule has 3 rings (SSSR count). The molecule has 0 N–H and O–H groups in total. The third-order valence-electron chi connectivity index (χ3n) is 2.99. The number of pyridine rings is 1. The van der Waals surface area contributed by atoms with Gasteiger partial charge < -0.3 is 0 Å². The molecule has 19 heavy (non-hydrogen) atoms. The molecule has 0 fully saturated rings. The molecule has 94 valence electrons. The first-order valence-electron chi connectivity index (χ1n) is 5.80. The number of aryl methyl sites for hydroxylation is 1. The number of aromatic nitrogens is 1. The SMILES string of the molecule is Cc1cc(C(=O)c2cncc3ccccc23)sc1Br. The molecule has 2 nitrogen and oxygen atoms in total. The van der Waals surface area contributed by atoms with E-state index in [1.165, 1.54) is 11.3 Å². The highest BCUT2D eigenvalue weighted by atomic mass is 79.9. The summed E-state index contributed by atoms with van der Waals surface area (Å²) >= 11 is 4.92. The Kier molecular flexibility index (Phi) is 3.21. The van der Waals surface area contributed by atoms with E-state index in [-0.39, 0.29) is 5.78 Å². The zero-order valence-corrected chi connectivity index (χ0v) is 12.6. The summed E-state index contributed by atoms with van der Waals surface area (Å²) < 4.78 is 1.00. The molecule has 0 aliphatic heterocycles. The van der Waals surface area contributed by atoms with E-state index in [9.17, 15) is 4.79 Å². The smallest absolute Gasteiger partial charge is 0.205 e. The third-order valence-corrected chi connectivity index (χ3v) is 5.13. The van der Waals surface area contributed by atoms with Gasteiger partial charge in [-0.1, -0.05) is 24.3 Å². The Morgan fingerprint density at radius 1 is 1.26 bits per heavy atom. The highest BCUT2D eigenvalue weighted by Crippen LogP contribution is 2.30. The second-order valence-electron chi connectivity index (χ2n) is 4.30. The normalized spacial score (nSPS) is 10.8. The van der Waals surface area contributed by atoms with Crippen LogP contribution in [0.1, 0.15) is 20.8 Å². The van der Waals surface area contributed by atoms with E-state index in [2.05, 4.69) is 20.9 Å². The summed E-state index contributed by atoms with van der Waals surface area (Å²) in [6.07, 6.45) is 3.43. The number of ketones is 1. The lowest BCUT2D eigenvalue weighted by atomic mass is 10.0. The van der Waals surface area contributed by atoms with Crippen molar-refractivity contribution in [2.45, 2.75) is 6.92 Å². The summed E-state index contributed by atoms with van der Waals surface area (Å²) in [5.74, 6) is 0.0306. The lowest BCUT2D eigenvalue weighted by Gasteiger charge is -2.03. The van der Waals surface area contributed by atoms with Crippen LogP contribution in [0.3, 0.4) is 0 Å². The summed E-state index contributed by atoms with van der Waals surface area (Å²) in [6.45, 7) is 1.98. The number of fused-ring (bicyclic) bond motifs is 1. The minimum absolute atomic E-state index is 0.0306. The van der Waals surface area contributed by atoms with Crippen LogP contribution in [-0.2, 0) is 0 Å². The van der Waals surface area contributed by atoms with Gasteiger partial charge in [-0.3, -0.25) is 9.78 Å². The van der Waals surface area contributed by atoms with Gasteiger partial charge in [0.05, 0.1) is 8.66 Å². The van der Waals surface area contributed by atoms with Crippen LogP contribution in [0.15, 0.2) is 46.5 Å². The van der Waals surface area contributed by atoms with E-state index in [1.54, 1.807) is 12.4 Å². The summed E-state index contributed by atoms with van der Waals surface area (Å²) in [5.41, 5.74) is 1.74. The van der Waals surface area contributed by atoms with Crippen LogP contribution in [0.2, 0.25) is 0 Å². The average molecular weight is 332 g/mol. The zero-order chi connectivity index (χ0) is 13.4. The molecule has 1 aromatic carbocycles. The minimum Gasteiger partial charge on any atom is -0.288 e. The molecule has 0 bridgehead atoms. The Bertz CT molecular complexity index is 754. The highest BCUT2D eigenvalue weighted by Gasteiger charge is 2.16. The molecule has 0 aliphatic rings. The van der Waals surface area contributed by atoms with Crippen molar-refractivity contribution in [2.75, 3.05) is 0 Å². The van der Waals surface area contributed by atoms with Crippen molar-refractivity contribution in [1.82, 2.24) is 4.98 Å². The number of hydrogen-bond acceptors (Lipinski definition) is 3. The number of rotatable bonds is 2. The number of carbonyl (C=O) groups is 1. The monoisotopic (exact) mass is 331 g/mol. The van der Waals surface area contributed by atoms with Gasteiger partial charge in [0.2, 0.25) is 5.78 Å². The van der Waals surface area contributed by atoms with Gasteiger partial charge >= 0.3 is 0 Å². The number of hydrogen-bond donors (Lipinski definition) is 0. The van der Waals surface area contributed by atoms with Crippen LogP contribution in [-0.4, -0.2) is 10.8 Å². The van der Waals surface area contributed by atoms with Crippen molar-refractivity contribution in [2.24, 2.45) is 0 Å². The van der Waals surface area contributed by atoms with Crippen LogP contribution in [0.25, 0.3) is 10.8 Å².